The van der Waals surface area contributed by atoms with Crippen molar-refractivity contribution < 1.29 is 28.7 Å². The average molecular weight is 446 g/mol. The summed E-state index contributed by atoms with van der Waals surface area (Å²) < 4.78 is 5.08. The Morgan fingerprint density at radius 1 is 1.00 bits per heavy atom. The van der Waals surface area contributed by atoms with Crippen LogP contribution in [0.25, 0.3) is 0 Å². The van der Waals surface area contributed by atoms with E-state index in [0.717, 1.165) is 43.4 Å². The second-order valence-electron chi connectivity index (χ2n) is 10.4. The fraction of sp³-hybridized carbons (Fsp3) is 0.783. The Kier molecular flexibility index (Phi) is 5.25. The molecule has 6 aliphatic rings. The number of esters is 1. The lowest BCUT2D eigenvalue weighted by Gasteiger charge is -2.58. The molecule has 6 fully saturated rings. The van der Waals surface area contributed by atoms with Crippen molar-refractivity contribution in [1.82, 2.24) is 14.7 Å². The first-order chi connectivity index (χ1) is 15.3. The van der Waals surface area contributed by atoms with Gasteiger partial charge in [-0.25, -0.2) is 14.6 Å². The number of carbonyl (C=O) groups is 5. The van der Waals surface area contributed by atoms with Crippen molar-refractivity contribution in [2.45, 2.75) is 63.8 Å². The molecule has 2 heterocycles. The Balaban J connectivity index is 1.28. The molecule has 0 aromatic carbocycles. The first kappa shape index (κ1) is 21.4. The molecule has 4 saturated carbocycles. The minimum absolute atomic E-state index is 0.209. The molecule has 32 heavy (non-hydrogen) atoms. The van der Waals surface area contributed by atoms with Gasteiger partial charge in [-0.05, 0) is 76.0 Å². The lowest BCUT2D eigenvalue weighted by Crippen LogP contribution is -2.62. The van der Waals surface area contributed by atoms with E-state index in [4.69, 9.17) is 4.74 Å². The summed E-state index contributed by atoms with van der Waals surface area (Å²) in [5.74, 6) is -1.29. The van der Waals surface area contributed by atoms with Gasteiger partial charge in [0.15, 0.2) is 0 Å². The van der Waals surface area contributed by atoms with Crippen LogP contribution in [-0.2, 0) is 23.9 Å². The molecule has 5 amide bonds. The van der Waals surface area contributed by atoms with Gasteiger partial charge < -0.3 is 9.64 Å². The lowest BCUT2D eigenvalue weighted by atomic mass is 9.52. The molecular formula is C23H31N3O6. The molecule has 6 rings (SSSR count). The van der Waals surface area contributed by atoms with E-state index in [2.05, 4.69) is 0 Å². The second kappa shape index (κ2) is 7.85. The maximum Gasteiger partial charge on any atom is 0.335 e. The van der Waals surface area contributed by atoms with Gasteiger partial charge in [0.25, 0.3) is 0 Å². The number of rotatable bonds is 5. The average Bonchev–Trinajstić information content (AvgIpc) is 2.96. The standard InChI is InChI=1S/C23H31N3O6/c1-2-32-21(30)17-4-3-5-24(12-17)18(27)13-25-19(28)20(29)26(22(25)31)23-9-14-6-15(10-23)8-16(7-14)11-23/h14-17H,2-13H2,1H3. The maximum absolute atomic E-state index is 13.3. The molecule has 0 aromatic heterocycles. The van der Waals surface area contributed by atoms with E-state index in [9.17, 15) is 24.0 Å². The molecule has 0 spiro atoms. The first-order valence-electron chi connectivity index (χ1n) is 12.0. The van der Waals surface area contributed by atoms with Gasteiger partial charge in [-0.15, -0.1) is 0 Å². The third kappa shape index (κ3) is 3.40. The van der Waals surface area contributed by atoms with Crippen LogP contribution in [0.1, 0.15) is 58.3 Å². The highest BCUT2D eigenvalue weighted by atomic mass is 16.5. The Morgan fingerprint density at radius 3 is 2.22 bits per heavy atom. The van der Waals surface area contributed by atoms with Gasteiger partial charge in [-0.3, -0.25) is 19.2 Å². The summed E-state index contributed by atoms with van der Waals surface area (Å²) >= 11 is 0. The highest BCUT2D eigenvalue weighted by Gasteiger charge is 2.61. The van der Waals surface area contributed by atoms with Crippen molar-refractivity contribution in [3.8, 4) is 0 Å². The third-order valence-electron chi connectivity index (χ3n) is 8.22. The number of likely N-dealkylation sites (tertiary alicyclic amines) is 1. The van der Waals surface area contributed by atoms with E-state index in [1.807, 2.05) is 0 Å². The first-order valence-corrected chi connectivity index (χ1v) is 12.0. The molecular weight excluding hydrogens is 414 g/mol. The zero-order chi connectivity index (χ0) is 22.6. The van der Waals surface area contributed by atoms with E-state index >= 15 is 0 Å². The van der Waals surface area contributed by atoms with Crippen molar-refractivity contribution in [2.75, 3.05) is 26.2 Å². The van der Waals surface area contributed by atoms with E-state index < -0.39 is 41.8 Å². The zero-order valence-electron chi connectivity index (χ0n) is 18.6. The number of urea groups is 1. The molecule has 9 heteroatoms. The SMILES string of the molecule is CCOC(=O)C1CCCN(C(=O)CN2C(=O)C(=O)N(C34CC5CC(CC(C5)C3)C4)C2=O)C1. The predicted octanol–water partition coefficient (Wildman–Crippen LogP) is 1.55. The number of hydrogen-bond donors (Lipinski definition) is 0. The predicted molar refractivity (Wildman–Crippen MR) is 111 cm³/mol. The summed E-state index contributed by atoms with van der Waals surface area (Å²) in [7, 11) is 0. The van der Waals surface area contributed by atoms with Crippen LogP contribution in [0.4, 0.5) is 4.79 Å². The third-order valence-corrected chi connectivity index (χ3v) is 8.22. The van der Waals surface area contributed by atoms with Gasteiger partial charge >= 0.3 is 23.8 Å². The zero-order valence-corrected chi connectivity index (χ0v) is 18.6. The summed E-state index contributed by atoms with van der Waals surface area (Å²) in [5, 5.41) is 0. The molecule has 1 unspecified atom stereocenters. The fourth-order valence-electron chi connectivity index (χ4n) is 7.29. The van der Waals surface area contributed by atoms with Crippen molar-refractivity contribution in [2.24, 2.45) is 23.7 Å². The Hall–Kier alpha value is -2.45. The lowest BCUT2D eigenvalue weighted by molar-refractivity contribution is -0.152. The maximum atomic E-state index is 13.3. The largest absolute Gasteiger partial charge is 0.466 e. The normalized spacial score (nSPS) is 36.3. The van der Waals surface area contributed by atoms with Gasteiger partial charge in [-0.1, -0.05) is 0 Å². The summed E-state index contributed by atoms with van der Waals surface area (Å²) in [4.78, 5) is 67.5. The van der Waals surface area contributed by atoms with Crippen LogP contribution >= 0.6 is 0 Å². The van der Waals surface area contributed by atoms with Crippen LogP contribution < -0.4 is 0 Å². The highest BCUT2D eigenvalue weighted by Crippen LogP contribution is 2.58. The van der Waals surface area contributed by atoms with E-state index in [1.54, 1.807) is 6.92 Å². The number of imide groups is 2. The monoisotopic (exact) mass is 445 g/mol. The summed E-state index contributed by atoms with van der Waals surface area (Å²) in [6, 6.07) is -0.644. The Morgan fingerprint density at radius 2 is 1.62 bits per heavy atom. The molecule has 2 aliphatic heterocycles. The second-order valence-corrected chi connectivity index (χ2v) is 10.4. The topological polar surface area (TPSA) is 104 Å². The number of nitrogens with zero attached hydrogens (tertiary/aromatic N) is 3. The number of carbonyl (C=O) groups excluding carboxylic acids is 5. The minimum Gasteiger partial charge on any atom is -0.466 e. The number of amides is 5. The molecule has 1 atom stereocenters. The molecule has 0 radical (unpaired) electrons. The van der Waals surface area contributed by atoms with Crippen molar-refractivity contribution in [1.29, 1.82) is 0 Å². The Bertz CT molecular complexity index is 835. The Labute approximate surface area is 187 Å². The number of piperidine rings is 1. The van der Waals surface area contributed by atoms with Crippen LogP contribution in [0.15, 0.2) is 0 Å². The van der Waals surface area contributed by atoms with Gasteiger partial charge in [-0.2, -0.15) is 0 Å². The quantitative estimate of drug-likeness (QED) is 0.361. The summed E-state index contributed by atoms with van der Waals surface area (Å²) in [6.45, 7) is 2.23. The number of hydrogen-bond acceptors (Lipinski definition) is 6. The fourth-order valence-corrected chi connectivity index (χ4v) is 7.29. The van der Waals surface area contributed by atoms with Crippen molar-refractivity contribution in [3.63, 3.8) is 0 Å². The van der Waals surface area contributed by atoms with Crippen LogP contribution in [0.3, 0.4) is 0 Å². The summed E-state index contributed by atoms with van der Waals surface area (Å²) in [6.07, 6.45) is 7.08. The summed E-state index contributed by atoms with van der Waals surface area (Å²) in [5.41, 5.74) is -0.559. The van der Waals surface area contributed by atoms with Gasteiger partial charge in [0.2, 0.25) is 5.91 Å². The van der Waals surface area contributed by atoms with Gasteiger partial charge in [0.05, 0.1) is 18.1 Å². The van der Waals surface area contributed by atoms with Crippen molar-refractivity contribution in [3.05, 3.63) is 0 Å². The van der Waals surface area contributed by atoms with E-state index in [1.165, 1.54) is 9.80 Å². The molecule has 174 valence electrons. The van der Waals surface area contributed by atoms with Gasteiger partial charge in [0, 0.05) is 13.1 Å². The van der Waals surface area contributed by atoms with Crippen molar-refractivity contribution >= 4 is 29.7 Å². The molecule has 0 N–H and O–H groups in total. The van der Waals surface area contributed by atoms with E-state index in [-0.39, 0.29) is 19.1 Å². The van der Waals surface area contributed by atoms with Crippen LogP contribution in [-0.4, -0.2) is 76.2 Å². The van der Waals surface area contributed by atoms with Crippen LogP contribution in [0.5, 0.6) is 0 Å². The van der Waals surface area contributed by atoms with Gasteiger partial charge in [0.1, 0.15) is 6.54 Å². The van der Waals surface area contributed by atoms with Crippen LogP contribution in [0, 0.1) is 23.7 Å². The molecule has 9 nitrogen and oxygen atoms in total. The smallest absolute Gasteiger partial charge is 0.335 e. The molecule has 4 aliphatic carbocycles. The van der Waals surface area contributed by atoms with Crippen LogP contribution in [0.2, 0.25) is 0 Å². The van der Waals surface area contributed by atoms with E-state index in [0.29, 0.717) is 37.1 Å². The highest BCUT2D eigenvalue weighted by molar-refractivity contribution is 6.45. The molecule has 0 aromatic rings. The molecule has 4 bridgehead atoms. The molecule has 2 saturated heterocycles. The number of ether oxygens (including phenoxy) is 1. The minimum atomic E-state index is -0.905.